The lowest BCUT2D eigenvalue weighted by Gasteiger charge is -2.03. The van der Waals surface area contributed by atoms with Crippen LogP contribution in [0.3, 0.4) is 0 Å². The highest BCUT2D eigenvalue weighted by Gasteiger charge is 2.16. The number of nitrogens with one attached hydrogen (secondary N) is 1. The topological polar surface area (TPSA) is 46.9 Å². The lowest BCUT2D eigenvalue weighted by Crippen LogP contribution is -2.19. The molecule has 0 unspecified atom stereocenters. The van der Waals surface area contributed by atoms with Gasteiger partial charge in [-0.2, -0.15) is 5.10 Å². The molecule has 88 valence electrons. The van der Waals surface area contributed by atoms with Crippen LogP contribution in [-0.4, -0.2) is 22.7 Å². The van der Waals surface area contributed by atoms with E-state index in [9.17, 15) is 4.79 Å². The Morgan fingerprint density at radius 2 is 1.88 bits per heavy atom. The van der Waals surface area contributed by atoms with Crippen LogP contribution in [0.15, 0.2) is 30.3 Å². The minimum absolute atomic E-state index is 0.153. The molecule has 0 aliphatic heterocycles. The van der Waals surface area contributed by atoms with E-state index in [1.165, 1.54) is 0 Å². The van der Waals surface area contributed by atoms with Gasteiger partial charge in [0.15, 0.2) is 5.69 Å². The highest BCUT2D eigenvalue weighted by Crippen LogP contribution is 2.16. The van der Waals surface area contributed by atoms with Gasteiger partial charge in [-0.15, -0.1) is 0 Å². The normalized spacial score (nSPS) is 10.3. The largest absolute Gasteiger partial charge is 0.354 e. The SMILES string of the molecule is CNC(=O)c1nn(-c2ccccc2)c(C)c1C. The van der Waals surface area contributed by atoms with E-state index in [-0.39, 0.29) is 5.91 Å². The fraction of sp³-hybridized carbons (Fsp3) is 0.231. The first kappa shape index (κ1) is 11.4. The molecule has 0 fully saturated rings. The summed E-state index contributed by atoms with van der Waals surface area (Å²) in [5.41, 5.74) is 3.33. The summed E-state index contributed by atoms with van der Waals surface area (Å²) in [4.78, 5) is 11.6. The third-order valence-corrected chi connectivity index (χ3v) is 2.86. The summed E-state index contributed by atoms with van der Waals surface area (Å²) in [6, 6.07) is 9.78. The quantitative estimate of drug-likeness (QED) is 0.854. The molecule has 0 bridgehead atoms. The Balaban J connectivity index is 2.54. The smallest absolute Gasteiger partial charge is 0.271 e. The zero-order valence-corrected chi connectivity index (χ0v) is 10.2. The van der Waals surface area contributed by atoms with Crippen molar-refractivity contribution in [2.75, 3.05) is 7.05 Å². The van der Waals surface area contributed by atoms with Crippen LogP contribution < -0.4 is 5.32 Å². The van der Waals surface area contributed by atoms with Gasteiger partial charge in [0.1, 0.15) is 0 Å². The zero-order valence-electron chi connectivity index (χ0n) is 10.2. The Hall–Kier alpha value is -2.10. The maximum absolute atomic E-state index is 11.6. The number of benzene rings is 1. The summed E-state index contributed by atoms with van der Waals surface area (Å²) in [5.74, 6) is -0.153. The van der Waals surface area contributed by atoms with Gasteiger partial charge in [0.25, 0.3) is 5.91 Å². The van der Waals surface area contributed by atoms with Crippen LogP contribution >= 0.6 is 0 Å². The highest BCUT2D eigenvalue weighted by molar-refractivity contribution is 5.93. The molecular formula is C13H15N3O. The van der Waals surface area contributed by atoms with Crippen molar-refractivity contribution < 1.29 is 4.79 Å². The number of nitrogens with zero attached hydrogens (tertiary/aromatic N) is 2. The van der Waals surface area contributed by atoms with E-state index in [1.54, 1.807) is 11.7 Å². The van der Waals surface area contributed by atoms with Crippen molar-refractivity contribution in [3.63, 3.8) is 0 Å². The van der Waals surface area contributed by atoms with E-state index in [0.29, 0.717) is 5.69 Å². The molecule has 0 aliphatic carbocycles. The number of rotatable bonds is 2. The van der Waals surface area contributed by atoms with Crippen LogP contribution in [0.5, 0.6) is 0 Å². The van der Waals surface area contributed by atoms with Gasteiger partial charge in [-0.3, -0.25) is 4.79 Å². The first-order valence-electron chi connectivity index (χ1n) is 5.49. The lowest BCUT2D eigenvalue weighted by atomic mass is 10.2. The zero-order chi connectivity index (χ0) is 12.4. The van der Waals surface area contributed by atoms with Gasteiger partial charge < -0.3 is 5.32 Å². The van der Waals surface area contributed by atoms with Crippen LogP contribution in [0.2, 0.25) is 0 Å². The maximum atomic E-state index is 11.6. The van der Waals surface area contributed by atoms with Gasteiger partial charge in [0.05, 0.1) is 5.69 Å². The minimum Gasteiger partial charge on any atom is -0.354 e. The number of aromatic nitrogens is 2. The molecule has 1 amide bonds. The summed E-state index contributed by atoms with van der Waals surface area (Å²) < 4.78 is 1.79. The molecule has 4 heteroatoms. The summed E-state index contributed by atoms with van der Waals surface area (Å²) in [7, 11) is 1.61. The van der Waals surface area contributed by atoms with E-state index < -0.39 is 0 Å². The third kappa shape index (κ3) is 1.93. The fourth-order valence-corrected chi connectivity index (χ4v) is 1.73. The molecule has 2 aromatic rings. The first-order chi connectivity index (χ1) is 8.15. The summed E-state index contributed by atoms with van der Waals surface area (Å²) >= 11 is 0. The Labute approximate surface area is 100 Å². The molecule has 1 N–H and O–H groups in total. The van der Waals surface area contributed by atoms with Gasteiger partial charge >= 0.3 is 0 Å². The van der Waals surface area contributed by atoms with E-state index >= 15 is 0 Å². The number of carbonyl (C=O) groups excluding carboxylic acids is 1. The van der Waals surface area contributed by atoms with Gasteiger partial charge in [0, 0.05) is 18.3 Å². The molecule has 1 heterocycles. The van der Waals surface area contributed by atoms with Gasteiger partial charge in [-0.25, -0.2) is 4.68 Å². The van der Waals surface area contributed by atoms with Crippen LogP contribution in [0.25, 0.3) is 5.69 Å². The van der Waals surface area contributed by atoms with Crippen LogP contribution in [0.1, 0.15) is 21.7 Å². The lowest BCUT2D eigenvalue weighted by molar-refractivity contribution is 0.0957. The Morgan fingerprint density at radius 1 is 1.24 bits per heavy atom. The van der Waals surface area contributed by atoms with Crippen molar-refractivity contribution in [2.24, 2.45) is 0 Å². The van der Waals surface area contributed by atoms with E-state index in [0.717, 1.165) is 16.9 Å². The number of carbonyl (C=O) groups is 1. The minimum atomic E-state index is -0.153. The second-order valence-corrected chi connectivity index (χ2v) is 3.89. The average molecular weight is 229 g/mol. The molecule has 0 spiro atoms. The molecule has 4 nitrogen and oxygen atoms in total. The van der Waals surface area contributed by atoms with Crippen molar-refractivity contribution in [1.29, 1.82) is 0 Å². The Kier molecular flexibility index (Phi) is 2.95. The van der Waals surface area contributed by atoms with Crippen LogP contribution in [-0.2, 0) is 0 Å². The predicted octanol–water partition coefficient (Wildman–Crippen LogP) is 1.85. The number of hydrogen-bond donors (Lipinski definition) is 1. The summed E-state index contributed by atoms with van der Waals surface area (Å²) in [6.45, 7) is 3.87. The molecule has 1 aromatic heterocycles. The average Bonchev–Trinajstić information content (AvgIpc) is 2.67. The molecule has 17 heavy (non-hydrogen) atoms. The van der Waals surface area contributed by atoms with Crippen LogP contribution in [0.4, 0.5) is 0 Å². The van der Waals surface area contributed by atoms with E-state index in [2.05, 4.69) is 10.4 Å². The first-order valence-corrected chi connectivity index (χ1v) is 5.49. The second-order valence-electron chi connectivity index (χ2n) is 3.89. The maximum Gasteiger partial charge on any atom is 0.271 e. The molecule has 0 radical (unpaired) electrons. The van der Waals surface area contributed by atoms with Crippen LogP contribution in [0, 0.1) is 13.8 Å². The standard InChI is InChI=1S/C13H15N3O/c1-9-10(2)16(11-7-5-4-6-8-11)15-12(9)13(17)14-3/h4-8H,1-3H3,(H,14,17). The third-order valence-electron chi connectivity index (χ3n) is 2.86. The predicted molar refractivity (Wildman–Crippen MR) is 66.4 cm³/mol. The number of para-hydroxylation sites is 1. The summed E-state index contributed by atoms with van der Waals surface area (Å²) in [6.07, 6.45) is 0. The highest BCUT2D eigenvalue weighted by atomic mass is 16.1. The molecule has 2 rings (SSSR count). The van der Waals surface area contributed by atoms with Crippen molar-refractivity contribution in [2.45, 2.75) is 13.8 Å². The second kappa shape index (κ2) is 4.41. The van der Waals surface area contributed by atoms with Gasteiger partial charge in [-0.1, -0.05) is 18.2 Å². The fourth-order valence-electron chi connectivity index (χ4n) is 1.73. The van der Waals surface area contributed by atoms with Crippen molar-refractivity contribution >= 4 is 5.91 Å². The van der Waals surface area contributed by atoms with E-state index in [1.807, 2.05) is 44.2 Å². The van der Waals surface area contributed by atoms with Crippen molar-refractivity contribution in [3.8, 4) is 5.69 Å². The molecule has 0 saturated heterocycles. The molecular weight excluding hydrogens is 214 g/mol. The molecule has 0 atom stereocenters. The monoisotopic (exact) mass is 229 g/mol. The summed E-state index contributed by atoms with van der Waals surface area (Å²) in [5, 5.41) is 6.95. The molecule has 0 aliphatic rings. The number of amides is 1. The van der Waals surface area contributed by atoms with Crippen molar-refractivity contribution in [1.82, 2.24) is 15.1 Å². The Morgan fingerprint density at radius 3 is 2.47 bits per heavy atom. The Bertz CT molecular complexity index is 543. The van der Waals surface area contributed by atoms with Gasteiger partial charge in [-0.05, 0) is 26.0 Å². The van der Waals surface area contributed by atoms with Gasteiger partial charge in [0.2, 0.25) is 0 Å². The van der Waals surface area contributed by atoms with E-state index in [4.69, 9.17) is 0 Å². The molecule has 0 saturated carbocycles. The number of hydrogen-bond acceptors (Lipinski definition) is 2. The van der Waals surface area contributed by atoms with Crippen molar-refractivity contribution in [3.05, 3.63) is 47.3 Å². The molecule has 1 aromatic carbocycles.